The molecule has 1 aromatic heterocycles. The summed E-state index contributed by atoms with van der Waals surface area (Å²) in [5.74, 6) is -3.50. The lowest BCUT2D eigenvalue weighted by atomic mass is 10.0. The fraction of sp³-hybridized carbons (Fsp3) is 0.200. The van der Waals surface area contributed by atoms with E-state index < -0.39 is 23.4 Å². The first-order chi connectivity index (χ1) is 16.8. The molecule has 0 atom stereocenters. The fourth-order valence-electron chi connectivity index (χ4n) is 3.86. The van der Waals surface area contributed by atoms with Crippen LogP contribution in [-0.4, -0.2) is 51.8 Å². The highest BCUT2D eigenvalue weighted by atomic mass is 19.1. The standard InChI is InChI=1S/C25H22F2N4O4/c26-17-11-16(12-18(27)13-17)23(33)30-20-1-2-21(22(32)14-20)24(34)29-19-5-9-31(10-6-19)25(35)15-3-7-28-8-4-15/h1-4,7-8,11-14,19,32H,5-6,9-10H2,(H,29,34)(H,30,33). The summed E-state index contributed by atoms with van der Waals surface area (Å²) >= 11 is 0. The molecule has 180 valence electrons. The van der Waals surface area contributed by atoms with Crippen molar-refractivity contribution in [3.8, 4) is 5.75 Å². The Bertz CT molecular complexity index is 1240. The van der Waals surface area contributed by atoms with Gasteiger partial charge in [-0.1, -0.05) is 0 Å². The average Bonchev–Trinajstić information content (AvgIpc) is 2.84. The van der Waals surface area contributed by atoms with E-state index >= 15 is 0 Å². The highest BCUT2D eigenvalue weighted by Gasteiger charge is 2.25. The molecule has 0 aliphatic carbocycles. The summed E-state index contributed by atoms with van der Waals surface area (Å²) in [5, 5.41) is 15.6. The number of benzene rings is 2. The minimum absolute atomic E-state index is 0.00934. The minimum Gasteiger partial charge on any atom is -0.507 e. The van der Waals surface area contributed by atoms with Crippen LogP contribution < -0.4 is 10.6 Å². The third kappa shape index (κ3) is 5.78. The number of anilines is 1. The molecular formula is C25H22F2N4O4. The van der Waals surface area contributed by atoms with Crippen LogP contribution >= 0.6 is 0 Å². The van der Waals surface area contributed by atoms with Gasteiger partial charge < -0.3 is 20.6 Å². The van der Waals surface area contributed by atoms with Crippen molar-refractivity contribution < 1.29 is 28.3 Å². The number of carbonyl (C=O) groups is 3. The molecule has 4 rings (SSSR count). The van der Waals surface area contributed by atoms with Crippen molar-refractivity contribution in [1.29, 1.82) is 0 Å². The first-order valence-electron chi connectivity index (χ1n) is 10.9. The molecule has 8 nitrogen and oxygen atoms in total. The van der Waals surface area contributed by atoms with Crippen molar-refractivity contribution in [2.24, 2.45) is 0 Å². The Balaban J connectivity index is 1.33. The summed E-state index contributed by atoms with van der Waals surface area (Å²) in [5.41, 5.74) is 0.492. The lowest BCUT2D eigenvalue weighted by Crippen LogP contribution is -2.46. The van der Waals surface area contributed by atoms with Gasteiger partial charge in [0, 0.05) is 60.5 Å². The van der Waals surface area contributed by atoms with E-state index in [1.165, 1.54) is 18.2 Å². The molecule has 2 heterocycles. The number of phenols is 1. The number of likely N-dealkylation sites (tertiary alicyclic amines) is 1. The van der Waals surface area contributed by atoms with Gasteiger partial charge in [0.2, 0.25) is 0 Å². The van der Waals surface area contributed by atoms with Crippen molar-refractivity contribution in [2.75, 3.05) is 18.4 Å². The molecule has 1 saturated heterocycles. The molecular weight excluding hydrogens is 458 g/mol. The number of halogens is 2. The molecule has 0 saturated carbocycles. The van der Waals surface area contributed by atoms with Crippen LogP contribution in [0.3, 0.4) is 0 Å². The van der Waals surface area contributed by atoms with Crippen LogP contribution in [0.2, 0.25) is 0 Å². The first kappa shape index (κ1) is 23.8. The summed E-state index contributed by atoms with van der Waals surface area (Å²) in [6.07, 6.45) is 4.23. The second kappa shape index (κ2) is 10.3. The lowest BCUT2D eigenvalue weighted by molar-refractivity contribution is 0.0697. The van der Waals surface area contributed by atoms with Crippen molar-refractivity contribution >= 4 is 23.4 Å². The number of hydrogen-bond acceptors (Lipinski definition) is 5. The number of amides is 3. The summed E-state index contributed by atoms with van der Waals surface area (Å²) in [7, 11) is 0. The Morgan fingerprint density at radius 1 is 0.886 bits per heavy atom. The second-order valence-corrected chi connectivity index (χ2v) is 8.12. The number of rotatable bonds is 5. The SMILES string of the molecule is O=C(Nc1ccc(C(=O)NC2CCN(C(=O)c3ccncc3)CC2)c(O)c1)c1cc(F)cc(F)c1. The maximum Gasteiger partial charge on any atom is 0.255 e. The second-order valence-electron chi connectivity index (χ2n) is 8.12. The Morgan fingerprint density at radius 3 is 2.17 bits per heavy atom. The predicted octanol–water partition coefficient (Wildman–Crippen LogP) is 3.35. The quantitative estimate of drug-likeness (QED) is 0.519. The molecule has 10 heteroatoms. The number of aromatic hydroxyl groups is 1. The molecule has 1 aliphatic heterocycles. The van der Waals surface area contributed by atoms with Crippen LogP contribution in [0.5, 0.6) is 5.75 Å². The number of nitrogens with zero attached hydrogens (tertiary/aromatic N) is 2. The van der Waals surface area contributed by atoms with E-state index in [9.17, 15) is 28.3 Å². The van der Waals surface area contributed by atoms with E-state index in [0.717, 1.165) is 12.1 Å². The molecule has 2 aromatic carbocycles. The Labute approximate surface area is 199 Å². The van der Waals surface area contributed by atoms with Gasteiger partial charge in [-0.15, -0.1) is 0 Å². The monoisotopic (exact) mass is 480 g/mol. The smallest absolute Gasteiger partial charge is 0.255 e. The molecule has 0 spiro atoms. The van der Waals surface area contributed by atoms with Gasteiger partial charge in [0.25, 0.3) is 17.7 Å². The van der Waals surface area contributed by atoms with Gasteiger partial charge in [-0.05, 0) is 49.2 Å². The molecule has 3 N–H and O–H groups in total. The van der Waals surface area contributed by atoms with E-state index in [2.05, 4.69) is 15.6 Å². The summed E-state index contributed by atoms with van der Waals surface area (Å²) < 4.78 is 26.7. The highest BCUT2D eigenvalue weighted by Crippen LogP contribution is 2.24. The average molecular weight is 480 g/mol. The number of nitrogens with one attached hydrogen (secondary N) is 2. The fourth-order valence-corrected chi connectivity index (χ4v) is 3.86. The van der Waals surface area contributed by atoms with E-state index in [0.29, 0.717) is 37.6 Å². The molecule has 1 aliphatic rings. The molecule has 3 amide bonds. The Hall–Kier alpha value is -4.34. The summed E-state index contributed by atoms with van der Waals surface area (Å²) in [4.78, 5) is 43.1. The lowest BCUT2D eigenvalue weighted by Gasteiger charge is -2.32. The van der Waals surface area contributed by atoms with Gasteiger partial charge in [-0.2, -0.15) is 0 Å². The number of phenolic OH excluding ortho intramolecular Hbond substituents is 1. The molecule has 0 unspecified atom stereocenters. The van der Waals surface area contributed by atoms with Gasteiger partial charge >= 0.3 is 0 Å². The van der Waals surface area contributed by atoms with Crippen LogP contribution in [0, 0.1) is 11.6 Å². The Morgan fingerprint density at radius 2 is 1.54 bits per heavy atom. The first-order valence-corrected chi connectivity index (χ1v) is 10.9. The van der Waals surface area contributed by atoms with E-state index in [1.54, 1.807) is 29.4 Å². The maximum absolute atomic E-state index is 13.3. The molecule has 0 bridgehead atoms. The maximum atomic E-state index is 13.3. The normalized spacial score (nSPS) is 13.8. The van der Waals surface area contributed by atoms with Gasteiger partial charge in [0.15, 0.2) is 0 Å². The molecule has 0 radical (unpaired) electrons. The third-order valence-corrected chi connectivity index (χ3v) is 5.67. The topological polar surface area (TPSA) is 112 Å². The van der Waals surface area contributed by atoms with E-state index in [-0.39, 0.29) is 34.5 Å². The number of pyridine rings is 1. The third-order valence-electron chi connectivity index (χ3n) is 5.67. The largest absolute Gasteiger partial charge is 0.507 e. The van der Waals surface area contributed by atoms with Crippen LogP contribution in [0.25, 0.3) is 0 Å². The summed E-state index contributed by atoms with van der Waals surface area (Å²) in [6.45, 7) is 0.952. The number of piperidine rings is 1. The summed E-state index contributed by atoms with van der Waals surface area (Å²) in [6, 6.07) is 9.48. The van der Waals surface area contributed by atoms with Gasteiger partial charge in [-0.25, -0.2) is 8.78 Å². The zero-order valence-electron chi connectivity index (χ0n) is 18.5. The van der Waals surface area contributed by atoms with Crippen LogP contribution in [0.1, 0.15) is 43.9 Å². The number of hydrogen-bond donors (Lipinski definition) is 3. The van der Waals surface area contributed by atoms with E-state index in [1.807, 2.05) is 0 Å². The van der Waals surface area contributed by atoms with Gasteiger partial charge in [0.1, 0.15) is 17.4 Å². The zero-order chi connectivity index (χ0) is 24.9. The van der Waals surface area contributed by atoms with Crippen LogP contribution in [-0.2, 0) is 0 Å². The van der Waals surface area contributed by atoms with Crippen LogP contribution in [0.15, 0.2) is 60.9 Å². The minimum atomic E-state index is -0.891. The van der Waals surface area contributed by atoms with Crippen molar-refractivity contribution in [1.82, 2.24) is 15.2 Å². The Kier molecular flexibility index (Phi) is 7.00. The zero-order valence-corrected chi connectivity index (χ0v) is 18.5. The van der Waals surface area contributed by atoms with E-state index in [4.69, 9.17) is 0 Å². The molecule has 3 aromatic rings. The van der Waals surface area contributed by atoms with Crippen molar-refractivity contribution in [3.05, 3.63) is 89.2 Å². The molecule has 35 heavy (non-hydrogen) atoms. The van der Waals surface area contributed by atoms with Crippen LogP contribution in [0.4, 0.5) is 14.5 Å². The molecule has 1 fully saturated rings. The number of carbonyl (C=O) groups excluding carboxylic acids is 3. The van der Waals surface area contributed by atoms with Gasteiger partial charge in [0.05, 0.1) is 5.56 Å². The van der Waals surface area contributed by atoms with Crippen molar-refractivity contribution in [3.63, 3.8) is 0 Å². The highest BCUT2D eigenvalue weighted by molar-refractivity contribution is 6.05. The predicted molar refractivity (Wildman–Crippen MR) is 123 cm³/mol. The van der Waals surface area contributed by atoms with Crippen molar-refractivity contribution in [2.45, 2.75) is 18.9 Å². The van der Waals surface area contributed by atoms with Gasteiger partial charge in [-0.3, -0.25) is 19.4 Å². The number of aromatic nitrogens is 1.